The van der Waals surface area contributed by atoms with E-state index < -0.39 is 0 Å². The molecule has 3 aromatic heterocycles. The van der Waals surface area contributed by atoms with Crippen molar-refractivity contribution in [3.8, 4) is 11.5 Å². The molecule has 1 aromatic carbocycles. The number of furan rings is 1. The first-order chi connectivity index (χ1) is 15.6. The summed E-state index contributed by atoms with van der Waals surface area (Å²) in [5, 5.41) is 7.18. The number of thiophene rings is 1. The lowest BCUT2D eigenvalue weighted by atomic mass is 9.98. The molecule has 0 saturated carbocycles. The molecule has 0 aliphatic rings. The van der Waals surface area contributed by atoms with Crippen LogP contribution >= 0.6 is 11.3 Å². The second kappa shape index (κ2) is 9.57. The van der Waals surface area contributed by atoms with Crippen LogP contribution < -0.4 is 20.1 Å². The van der Waals surface area contributed by atoms with Crippen molar-refractivity contribution in [1.82, 2.24) is 4.98 Å². The smallest absolute Gasteiger partial charge is 0.291 e. The Bertz CT molecular complexity index is 1190. The molecule has 0 saturated heterocycles. The summed E-state index contributed by atoms with van der Waals surface area (Å²) in [5.74, 6) is 2.00. The normalized spacial score (nSPS) is 11.6. The summed E-state index contributed by atoms with van der Waals surface area (Å²) in [7, 11) is 3.25. The Kier molecular flexibility index (Phi) is 6.42. The second-order valence-corrected chi connectivity index (χ2v) is 8.23. The molecular weight excluding hydrogens is 426 g/mol. The fourth-order valence-electron chi connectivity index (χ4n) is 3.40. The summed E-state index contributed by atoms with van der Waals surface area (Å²) in [5.41, 5.74) is 1.73. The number of rotatable bonds is 8. The fraction of sp³-hybridized carbons (Fsp3) is 0.167. The molecule has 0 bridgehead atoms. The topological polar surface area (TPSA) is 85.6 Å². The van der Waals surface area contributed by atoms with Crippen LogP contribution in [0.4, 0.5) is 10.8 Å². The summed E-state index contributed by atoms with van der Waals surface area (Å²) < 4.78 is 16.4. The zero-order valence-electron chi connectivity index (χ0n) is 17.9. The molecule has 32 heavy (non-hydrogen) atoms. The quantitative estimate of drug-likeness (QED) is 0.369. The van der Waals surface area contributed by atoms with Gasteiger partial charge in [0.2, 0.25) is 0 Å². The molecule has 3 heterocycles. The highest BCUT2D eigenvalue weighted by Gasteiger charge is 2.25. The maximum absolute atomic E-state index is 12.7. The average Bonchev–Trinajstić information content (AvgIpc) is 3.48. The number of nitrogens with zero attached hydrogens (tertiary/aromatic N) is 1. The molecule has 0 aliphatic carbocycles. The van der Waals surface area contributed by atoms with Crippen molar-refractivity contribution in [1.29, 1.82) is 0 Å². The molecule has 0 radical (unpaired) electrons. The molecule has 1 atom stereocenters. The van der Waals surface area contributed by atoms with Gasteiger partial charge < -0.3 is 24.5 Å². The maximum atomic E-state index is 12.7. The predicted molar refractivity (Wildman–Crippen MR) is 125 cm³/mol. The molecule has 4 aromatic rings. The Balaban J connectivity index is 1.80. The summed E-state index contributed by atoms with van der Waals surface area (Å²) in [6.07, 6.45) is 3.20. The van der Waals surface area contributed by atoms with Gasteiger partial charge in [0.05, 0.1) is 26.5 Å². The Morgan fingerprint density at radius 1 is 1.06 bits per heavy atom. The highest BCUT2D eigenvalue weighted by Crippen LogP contribution is 2.41. The van der Waals surface area contributed by atoms with Crippen molar-refractivity contribution >= 4 is 28.1 Å². The van der Waals surface area contributed by atoms with Crippen molar-refractivity contribution in [2.75, 3.05) is 24.9 Å². The van der Waals surface area contributed by atoms with Crippen LogP contribution in [0.15, 0.2) is 71.5 Å². The van der Waals surface area contributed by atoms with Gasteiger partial charge in [0.1, 0.15) is 22.3 Å². The van der Waals surface area contributed by atoms with E-state index in [0.29, 0.717) is 22.3 Å². The van der Waals surface area contributed by atoms with E-state index in [1.54, 1.807) is 32.5 Å². The lowest BCUT2D eigenvalue weighted by molar-refractivity contribution is 0.0997. The van der Waals surface area contributed by atoms with Crippen LogP contribution in [0, 0.1) is 6.92 Å². The molecule has 1 unspecified atom stereocenters. The Hall–Kier alpha value is -3.78. The SMILES string of the molecule is COc1ccc(OC)c(C(Nc2ccccn2)c2cc(C)sc2NC(=O)c2ccco2)c1. The monoisotopic (exact) mass is 449 g/mol. The van der Waals surface area contributed by atoms with Crippen LogP contribution in [-0.2, 0) is 0 Å². The number of hydrogen-bond acceptors (Lipinski definition) is 7. The van der Waals surface area contributed by atoms with E-state index in [-0.39, 0.29) is 17.7 Å². The largest absolute Gasteiger partial charge is 0.497 e. The van der Waals surface area contributed by atoms with Gasteiger partial charge in [-0.1, -0.05) is 6.07 Å². The molecule has 0 aliphatic heterocycles. The fourth-order valence-corrected chi connectivity index (χ4v) is 4.35. The molecule has 0 spiro atoms. The van der Waals surface area contributed by atoms with Gasteiger partial charge in [-0.2, -0.15) is 0 Å². The van der Waals surface area contributed by atoms with Gasteiger partial charge in [-0.15, -0.1) is 11.3 Å². The number of methoxy groups -OCH3 is 2. The van der Waals surface area contributed by atoms with Crippen LogP contribution in [0.1, 0.15) is 32.6 Å². The number of aryl methyl sites for hydroxylation is 1. The number of pyridine rings is 1. The molecule has 0 fully saturated rings. The zero-order valence-corrected chi connectivity index (χ0v) is 18.7. The number of hydrogen-bond donors (Lipinski definition) is 2. The summed E-state index contributed by atoms with van der Waals surface area (Å²) in [6.45, 7) is 2.00. The highest BCUT2D eigenvalue weighted by molar-refractivity contribution is 7.16. The molecule has 8 heteroatoms. The van der Waals surface area contributed by atoms with Crippen LogP contribution in [0.3, 0.4) is 0 Å². The number of carbonyl (C=O) groups excluding carboxylic acids is 1. The Morgan fingerprint density at radius 2 is 1.94 bits per heavy atom. The molecular formula is C24H23N3O4S. The van der Waals surface area contributed by atoms with Gasteiger partial charge in [0.15, 0.2) is 5.76 Å². The minimum Gasteiger partial charge on any atom is -0.497 e. The third-order valence-electron chi connectivity index (χ3n) is 4.87. The van der Waals surface area contributed by atoms with E-state index >= 15 is 0 Å². The van der Waals surface area contributed by atoms with E-state index in [1.165, 1.54) is 17.6 Å². The maximum Gasteiger partial charge on any atom is 0.291 e. The molecule has 4 rings (SSSR count). The van der Waals surface area contributed by atoms with Gasteiger partial charge in [-0.25, -0.2) is 4.98 Å². The zero-order chi connectivity index (χ0) is 22.5. The summed E-state index contributed by atoms with van der Waals surface area (Å²) in [6, 6.07) is 16.3. The summed E-state index contributed by atoms with van der Waals surface area (Å²) in [4.78, 5) is 18.2. The molecule has 1 amide bonds. The van der Waals surface area contributed by atoms with E-state index in [2.05, 4.69) is 15.6 Å². The predicted octanol–water partition coefficient (Wildman–Crippen LogP) is 5.52. The highest BCUT2D eigenvalue weighted by atomic mass is 32.1. The summed E-state index contributed by atoms with van der Waals surface area (Å²) >= 11 is 1.49. The molecule has 7 nitrogen and oxygen atoms in total. The first-order valence-electron chi connectivity index (χ1n) is 9.93. The minimum absolute atomic E-state index is 0.246. The van der Waals surface area contributed by atoms with Gasteiger partial charge in [-0.05, 0) is 55.5 Å². The minimum atomic E-state index is -0.369. The van der Waals surface area contributed by atoms with Crippen LogP contribution in [0.25, 0.3) is 0 Å². The van der Waals surface area contributed by atoms with Crippen molar-refractivity contribution in [3.63, 3.8) is 0 Å². The standard InChI is InChI=1S/C24H23N3O4S/c1-15-13-18(24(32-15)27-23(28)20-7-6-12-31-20)22(26-21-8-4-5-11-25-21)17-14-16(29-2)9-10-19(17)30-3/h4-14,22H,1-3H3,(H,25,26)(H,27,28). The van der Waals surface area contributed by atoms with E-state index in [4.69, 9.17) is 13.9 Å². The molecule has 2 N–H and O–H groups in total. The number of aromatic nitrogens is 1. The van der Waals surface area contributed by atoms with Gasteiger partial charge in [0, 0.05) is 22.2 Å². The number of ether oxygens (including phenoxy) is 2. The second-order valence-electron chi connectivity index (χ2n) is 6.97. The van der Waals surface area contributed by atoms with Crippen molar-refractivity contribution < 1.29 is 18.7 Å². The molecule has 164 valence electrons. The number of nitrogens with one attached hydrogen (secondary N) is 2. The number of benzene rings is 1. The van der Waals surface area contributed by atoms with Gasteiger partial charge >= 0.3 is 0 Å². The van der Waals surface area contributed by atoms with Crippen LogP contribution in [0.2, 0.25) is 0 Å². The number of anilines is 2. The lowest BCUT2D eigenvalue weighted by Crippen LogP contribution is -2.17. The third-order valence-corrected chi connectivity index (χ3v) is 5.85. The van der Waals surface area contributed by atoms with Crippen molar-refractivity contribution in [3.05, 3.63) is 88.8 Å². The van der Waals surface area contributed by atoms with Crippen LogP contribution in [-0.4, -0.2) is 25.1 Å². The van der Waals surface area contributed by atoms with E-state index in [9.17, 15) is 4.79 Å². The van der Waals surface area contributed by atoms with E-state index in [1.807, 2.05) is 49.4 Å². The first kappa shape index (κ1) is 21.5. The average molecular weight is 450 g/mol. The first-order valence-corrected chi connectivity index (χ1v) is 10.8. The third kappa shape index (κ3) is 4.60. The Labute approximate surface area is 190 Å². The van der Waals surface area contributed by atoms with Crippen molar-refractivity contribution in [2.24, 2.45) is 0 Å². The van der Waals surface area contributed by atoms with Gasteiger partial charge in [-0.3, -0.25) is 4.79 Å². The van der Waals surface area contributed by atoms with Crippen LogP contribution in [0.5, 0.6) is 11.5 Å². The Morgan fingerprint density at radius 3 is 2.62 bits per heavy atom. The van der Waals surface area contributed by atoms with E-state index in [0.717, 1.165) is 16.0 Å². The van der Waals surface area contributed by atoms with Gasteiger partial charge in [0.25, 0.3) is 5.91 Å². The number of carbonyl (C=O) groups is 1. The van der Waals surface area contributed by atoms with Crippen molar-refractivity contribution in [2.45, 2.75) is 13.0 Å². The lowest BCUT2D eigenvalue weighted by Gasteiger charge is -2.23. The number of amides is 1.